The number of phosphoric ester groups is 1. The lowest BCUT2D eigenvalue weighted by Gasteiger charge is -2.42. The van der Waals surface area contributed by atoms with Gasteiger partial charge in [-0.15, -0.1) is 0 Å². The molecule has 2 bridgehead atoms. The number of carbonyl (C=O) groups excluding carboxylic acids is 3. The Labute approximate surface area is 347 Å². The minimum atomic E-state index is -4.08. The van der Waals surface area contributed by atoms with Gasteiger partial charge in [-0.25, -0.2) is 18.1 Å². The Kier molecular flexibility index (Phi) is 13.2. The van der Waals surface area contributed by atoms with Crippen molar-refractivity contribution in [2.24, 2.45) is 11.1 Å². The lowest BCUT2D eigenvalue weighted by Crippen LogP contribution is -2.52. The van der Waals surface area contributed by atoms with Crippen molar-refractivity contribution in [3.63, 3.8) is 0 Å². The average molecular weight is 865 g/mol. The number of oxime groups is 1. The fraction of sp³-hybridized carbons (Fsp3) is 0.634. The lowest BCUT2D eigenvalue weighted by atomic mass is 9.84. The summed E-state index contributed by atoms with van der Waals surface area (Å²) in [6, 6.07) is 1.99. The molecule has 2 fully saturated rings. The molecule has 6 rings (SSSR count). The van der Waals surface area contributed by atoms with Crippen LogP contribution in [0.5, 0.6) is 5.75 Å². The number of carbonyl (C=O) groups is 3. The van der Waals surface area contributed by atoms with Crippen molar-refractivity contribution in [1.29, 1.82) is 0 Å². The molecule has 19 heteroatoms. The number of pyridine rings is 1. The van der Waals surface area contributed by atoms with Gasteiger partial charge in [0.2, 0.25) is 18.0 Å². The van der Waals surface area contributed by atoms with Crippen LogP contribution in [-0.4, -0.2) is 82.0 Å². The number of hydrogen-bond donors (Lipinski definition) is 1. The number of amides is 2. The number of aromatic nitrogens is 1. The molecular formula is C41H55F2N4O12P. The number of nitrogens with zero attached hydrogens (tertiary/aromatic N) is 3. The van der Waals surface area contributed by atoms with Crippen LogP contribution in [0.25, 0.3) is 0 Å². The van der Waals surface area contributed by atoms with Crippen molar-refractivity contribution in [3.05, 3.63) is 63.1 Å². The molecule has 0 radical (unpaired) electrons. The van der Waals surface area contributed by atoms with Crippen LogP contribution in [-0.2, 0) is 39.0 Å². The third-order valence-corrected chi connectivity index (χ3v) is 12.9. The molecule has 0 unspecified atom stereocenters. The summed E-state index contributed by atoms with van der Waals surface area (Å²) in [4.78, 5) is 62.7. The Morgan fingerprint density at radius 1 is 1.03 bits per heavy atom. The molecule has 4 heterocycles. The molecule has 1 aliphatic carbocycles. The largest absolute Gasteiger partial charge is 0.511 e. The summed E-state index contributed by atoms with van der Waals surface area (Å²) in [5, 5.41) is 6.72. The van der Waals surface area contributed by atoms with Crippen LogP contribution in [0.3, 0.4) is 0 Å². The predicted molar refractivity (Wildman–Crippen MR) is 213 cm³/mol. The van der Waals surface area contributed by atoms with E-state index in [1.54, 1.807) is 46.4 Å². The Balaban J connectivity index is 1.22. The topological polar surface area (TPSA) is 183 Å². The van der Waals surface area contributed by atoms with Crippen molar-refractivity contribution in [2.45, 2.75) is 142 Å². The third kappa shape index (κ3) is 10.4. The zero-order chi connectivity index (χ0) is 43.8. The highest BCUT2D eigenvalue weighted by Crippen LogP contribution is 2.58. The second-order valence-electron chi connectivity index (χ2n) is 17.9. The van der Waals surface area contributed by atoms with E-state index in [9.17, 15) is 32.5 Å². The highest BCUT2D eigenvalue weighted by Gasteiger charge is 2.54. The van der Waals surface area contributed by atoms with Gasteiger partial charge >= 0.3 is 14.0 Å². The maximum absolute atomic E-state index is 14.5. The highest BCUT2D eigenvalue weighted by molar-refractivity contribution is 7.48. The van der Waals surface area contributed by atoms with E-state index in [1.165, 1.54) is 16.8 Å². The van der Waals surface area contributed by atoms with E-state index < -0.39 is 95.8 Å². The fourth-order valence-corrected chi connectivity index (χ4v) is 10.2. The summed E-state index contributed by atoms with van der Waals surface area (Å²) in [5.41, 5.74) is -3.55. The van der Waals surface area contributed by atoms with Crippen LogP contribution in [0, 0.1) is 17.6 Å². The molecule has 1 aromatic heterocycles. The van der Waals surface area contributed by atoms with Gasteiger partial charge in [-0.05, 0) is 87.1 Å². The summed E-state index contributed by atoms with van der Waals surface area (Å²) in [5.74, 6) is -4.11. The molecule has 1 saturated heterocycles. The number of benzene rings is 1. The Morgan fingerprint density at radius 2 is 1.73 bits per heavy atom. The molecule has 5 atom stereocenters. The molecular weight excluding hydrogens is 809 g/mol. The number of halogens is 2. The van der Waals surface area contributed by atoms with Gasteiger partial charge in [0.05, 0.1) is 29.1 Å². The number of ether oxygens (including phenoxy) is 3. The molecule has 2 aromatic rings. The van der Waals surface area contributed by atoms with Crippen LogP contribution < -0.4 is 15.5 Å². The Hall–Kier alpha value is -4.38. The first-order valence-corrected chi connectivity index (χ1v) is 21.7. The molecule has 330 valence electrons. The van der Waals surface area contributed by atoms with E-state index in [-0.39, 0.29) is 37.0 Å². The van der Waals surface area contributed by atoms with Crippen molar-refractivity contribution >= 4 is 31.5 Å². The molecule has 4 aliphatic rings. The van der Waals surface area contributed by atoms with E-state index in [0.29, 0.717) is 38.2 Å². The quantitative estimate of drug-likeness (QED) is 0.126. The summed E-state index contributed by atoms with van der Waals surface area (Å²) in [6.07, 6.45) is 3.62. The zero-order valence-corrected chi connectivity index (χ0v) is 36.2. The van der Waals surface area contributed by atoms with Crippen LogP contribution >= 0.6 is 7.82 Å². The molecule has 1 spiro atoms. The highest BCUT2D eigenvalue weighted by atomic mass is 31.2. The summed E-state index contributed by atoms with van der Waals surface area (Å²) in [6.45, 7) is 12.9. The van der Waals surface area contributed by atoms with Crippen LogP contribution in [0.15, 0.2) is 34.3 Å². The first-order valence-electron chi connectivity index (χ1n) is 20.2. The van der Waals surface area contributed by atoms with Gasteiger partial charge in [-0.2, -0.15) is 0 Å². The van der Waals surface area contributed by atoms with Gasteiger partial charge in [0.15, 0.2) is 11.3 Å². The maximum Gasteiger partial charge on any atom is 0.511 e. The van der Waals surface area contributed by atoms with Gasteiger partial charge < -0.3 is 33.8 Å². The number of hydrogen-bond acceptors (Lipinski definition) is 13. The predicted octanol–water partition coefficient (Wildman–Crippen LogP) is 7.57. The molecule has 2 amide bonds. The first-order chi connectivity index (χ1) is 28.1. The monoisotopic (exact) mass is 864 g/mol. The SMILES string of the molecule is CC1=NO[C@@]2(CC[C@H](C)N3C[C@H]2n2cc(C(=O)NCc4ccc(F)cc4F)c(=O)c(OCOC(=O)OC[C@@H]4CCCC[C@@H]4OP(=O)(OC(C)(C)C)OC(C)(C)C)c2C3=O)C1. The van der Waals surface area contributed by atoms with Crippen molar-refractivity contribution in [1.82, 2.24) is 14.8 Å². The van der Waals surface area contributed by atoms with Gasteiger partial charge in [0.1, 0.15) is 23.8 Å². The van der Waals surface area contributed by atoms with E-state index >= 15 is 0 Å². The smallest absolute Gasteiger partial charge is 0.451 e. The summed E-state index contributed by atoms with van der Waals surface area (Å²) < 4.78 is 77.5. The minimum absolute atomic E-state index is 0.0303. The van der Waals surface area contributed by atoms with E-state index in [0.717, 1.165) is 24.6 Å². The zero-order valence-electron chi connectivity index (χ0n) is 35.3. The average Bonchev–Trinajstić information content (AvgIpc) is 3.47. The third-order valence-electron chi connectivity index (χ3n) is 10.8. The van der Waals surface area contributed by atoms with Crippen molar-refractivity contribution in [3.8, 4) is 5.75 Å². The molecule has 1 saturated carbocycles. The Bertz CT molecular complexity index is 2100. The second kappa shape index (κ2) is 17.5. The van der Waals surface area contributed by atoms with Gasteiger partial charge in [-0.1, -0.05) is 24.1 Å². The summed E-state index contributed by atoms with van der Waals surface area (Å²) >= 11 is 0. The number of fused-ring (bicyclic) bond motifs is 5. The standard InChI is InChI=1S/C41H55F2N4O12P/c1-24-18-41(57-45-24)16-15-25(2)46-21-32(41)47-20-29(36(49)44-19-26-13-14-28(42)17-30(26)43)34(48)35(33(47)37(46)50)54-23-55-38(51)53-22-27-11-9-10-12-31(27)56-60(52,58-39(3,4)5)59-40(6,7)8/h13-14,17,20,25,27,31-32H,9-12,15-16,18-19,21-23H2,1-8H3,(H,44,49)/t25-,27-,31-,32+,41-/m0/s1. The van der Waals surface area contributed by atoms with E-state index in [2.05, 4.69) is 10.5 Å². The first kappa shape index (κ1) is 45.2. The number of rotatable bonds is 12. The van der Waals surface area contributed by atoms with Gasteiger partial charge in [0, 0.05) is 49.3 Å². The van der Waals surface area contributed by atoms with Crippen molar-refractivity contribution in [2.75, 3.05) is 19.9 Å². The molecule has 16 nitrogen and oxygen atoms in total. The van der Waals surface area contributed by atoms with Crippen LogP contribution in [0.2, 0.25) is 0 Å². The summed E-state index contributed by atoms with van der Waals surface area (Å²) in [7, 11) is -4.08. The van der Waals surface area contributed by atoms with Gasteiger partial charge in [-0.3, -0.25) is 28.0 Å². The second-order valence-corrected chi connectivity index (χ2v) is 19.4. The van der Waals surface area contributed by atoms with Crippen LogP contribution in [0.1, 0.15) is 133 Å². The molecule has 1 aromatic carbocycles. The van der Waals surface area contributed by atoms with Gasteiger partial charge in [0.25, 0.3) is 11.8 Å². The van der Waals surface area contributed by atoms with E-state index in [1.807, 2.05) is 13.8 Å². The molecule has 1 N–H and O–H groups in total. The van der Waals surface area contributed by atoms with Crippen LogP contribution in [0.4, 0.5) is 13.6 Å². The minimum Gasteiger partial charge on any atom is -0.451 e. The fourth-order valence-electron chi connectivity index (χ4n) is 8.10. The Morgan fingerprint density at radius 3 is 2.38 bits per heavy atom. The molecule has 60 heavy (non-hydrogen) atoms. The maximum atomic E-state index is 14.5. The number of phosphoric acid groups is 1. The number of nitrogens with one attached hydrogen (secondary N) is 1. The lowest BCUT2D eigenvalue weighted by molar-refractivity contribution is -0.0658. The normalized spacial score (nSPS) is 24.3. The van der Waals surface area contributed by atoms with Crippen molar-refractivity contribution < 1.29 is 60.3 Å². The van der Waals surface area contributed by atoms with E-state index in [4.69, 9.17) is 32.6 Å². The molecule has 3 aliphatic heterocycles.